The maximum absolute atomic E-state index is 12.8. The molecule has 0 bridgehead atoms. The first-order valence-electron chi connectivity index (χ1n) is 11.3. The van der Waals surface area contributed by atoms with Crippen LogP contribution in [0.5, 0.6) is 11.5 Å². The molecule has 0 saturated carbocycles. The third-order valence-electron chi connectivity index (χ3n) is 5.98. The van der Waals surface area contributed by atoms with E-state index in [1.54, 1.807) is 30.3 Å². The number of benzene rings is 3. The number of carbonyl (C=O) groups excluding carboxylic acids is 1. The van der Waals surface area contributed by atoms with Gasteiger partial charge in [0.25, 0.3) is 5.91 Å². The number of likely N-dealkylation sites (tertiary alicyclic amines) is 1. The number of nitrogens with zero attached hydrogens (tertiary/aromatic N) is 1. The summed E-state index contributed by atoms with van der Waals surface area (Å²) in [5, 5.41) is 13.4. The van der Waals surface area contributed by atoms with Gasteiger partial charge in [0.1, 0.15) is 11.5 Å². The highest BCUT2D eigenvalue weighted by Gasteiger charge is 2.30. The number of amides is 1. The van der Waals surface area contributed by atoms with Gasteiger partial charge in [0.2, 0.25) is 0 Å². The molecule has 3 aromatic carbocycles. The number of carbonyl (C=O) groups is 1. The summed E-state index contributed by atoms with van der Waals surface area (Å²) in [7, 11) is 0. The van der Waals surface area contributed by atoms with Gasteiger partial charge in [-0.3, -0.25) is 4.79 Å². The van der Waals surface area contributed by atoms with Crippen molar-refractivity contribution in [1.29, 1.82) is 0 Å². The van der Waals surface area contributed by atoms with Crippen molar-refractivity contribution in [3.05, 3.63) is 71.8 Å². The second-order valence-electron chi connectivity index (χ2n) is 8.58. The van der Waals surface area contributed by atoms with Gasteiger partial charge >= 0.3 is 6.18 Å². The summed E-state index contributed by atoms with van der Waals surface area (Å²) in [5.41, 5.74) is -0.192. The zero-order valence-corrected chi connectivity index (χ0v) is 18.6. The van der Waals surface area contributed by atoms with E-state index in [-0.39, 0.29) is 12.5 Å². The van der Waals surface area contributed by atoms with Crippen LogP contribution in [0.15, 0.2) is 60.7 Å². The SMILES string of the molecule is O=C(NCC1CN(CCCCO)C1)c1ccc2c(Oc3ccc(C(F)(F)F)cc3)cccc2c1. The fourth-order valence-corrected chi connectivity index (χ4v) is 4.10. The van der Waals surface area contributed by atoms with E-state index in [1.165, 1.54) is 12.1 Å². The smallest absolute Gasteiger partial charge is 0.416 e. The number of hydrogen-bond donors (Lipinski definition) is 2. The summed E-state index contributed by atoms with van der Waals surface area (Å²) in [6.45, 7) is 3.72. The van der Waals surface area contributed by atoms with Crippen LogP contribution in [0.1, 0.15) is 28.8 Å². The van der Waals surface area contributed by atoms with Gasteiger partial charge in [0.05, 0.1) is 5.56 Å². The largest absolute Gasteiger partial charge is 0.457 e. The topological polar surface area (TPSA) is 61.8 Å². The summed E-state index contributed by atoms with van der Waals surface area (Å²) >= 11 is 0. The lowest BCUT2D eigenvalue weighted by Gasteiger charge is -2.39. The van der Waals surface area contributed by atoms with Crippen molar-refractivity contribution in [2.45, 2.75) is 19.0 Å². The number of hydrogen-bond acceptors (Lipinski definition) is 4. The van der Waals surface area contributed by atoms with Crippen molar-refractivity contribution < 1.29 is 27.8 Å². The molecule has 4 rings (SSSR count). The highest BCUT2D eigenvalue weighted by Crippen LogP contribution is 2.33. The minimum Gasteiger partial charge on any atom is -0.457 e. The highest BCUT2D eigenvalue weighted by molar-refractivity contribution is 5.99. The molecule has 0 aliphatic carbocycles. The molecule has 8 heteroatoms. The summed E-state index contributed by atoms with van der Waals surface area (Å²) < 4.78 is 44.1. The molecule has 1 saturated heterocycles. The maximum Gasteiger partial charge on any atom is 0.416 e. The van der Waals surface area contributed by atoms with Crippen LogP contribution in [0.4, 0.5) is 13.2 Å². The number of nitrogens with one attached hydrogen (secondary N) is 1. The maximum atomic E-state index is 12.8. The lowest BCUT2D eigenvalue weighted by Crippen LogP contribution is -2.51. The fraction of sp³-hybridized carbons (Fsp3) is 0.346. The number of alkyl halides is 3. The van der Waals surface area contributed by atoms with Crippen LogP contribution in [0, 0.1) is 5.92 Å². The van der Waals surface area contributed by atoms with E-state index < -0.39 is 11.7 Å². The Hall–Kier alpha value is -3.10. The summed E-state index contributed by atoms with van der Waals surface area (Å²) in [6, 6.07) is 15.2. The van der Waals surface area contributed by atoms with Crippen LogP contribution in [0.25, 0.3) is 10.8 Å². The lowest BCUT2D eigenvalue weighted by atomic mass is 9.99. The van der Waals surface area contributed by atoms with Gasteiger partial charge in [-0.05, 0) is 73.3 Å². The first-order chi connectivity index (χ1) is 16.3. The van der Waals surface area contributed by atoms with E-state index in [2.05, 4.69) is 10.2 Å². The average Bonchev–Trinajstić information content (AvgIpc) is 2.79. The van der Waals surface area contributed by atoms with E-state index in [0.29, 0.717) is 29.5 Å². The van der Waals surface area contributed by atoms with Crippen LogP contribution in [-0.4, -0.2) is 48.7 Å². The molecular formula is C26H27F3N2O3. The predicted octanol–water partition coefficient (Wildman–Crippen LogP) is 5.09. The Morgan fingerprint density at radius 1 is 1.06 bits per heavy atom. The minimum atomic E-state index is -4.40. The Morgan fingerprint density at radius 3 is 2.53 bits per heavy atom. The molecule has 1 amide bonds. The van der Waals surface area contributed by atoms with Crippen LogP contribution < -0.4 is 10.1 Å². The molecule has 180 valence electrons. The Bertz CT molecular complexity index is 1130. The number of unbranched alkanes of at least 4 members (excludes halogenated alkanes) is 1. The minimum absolute atomic E-state index is 0.144. The molecular weight excluding hydrogens is 445 g/mol. The first kappa shape index (κ1) is 24.0. The number of rotatable bonds is 9. The Kier molecular flexibility index (Phi) is 7.38. The number of aliphatic hydroxyl groups is 1. The average molecular weight is 473 g/mol. The van der Waals surface area contributed by atoms with E-state index >= 15 is 0 Å². The standard InChI is InChI=1S/C26H27F3N2O3/c27-26(28,29)21-7-9-22(10-8-21)34-24-5-3-4-19-14-20(6-11-23(19)24)25(33)30-15-18-16-31(17-18)12-1-2-13-32/h3-11,14,18,32H,1-2,12-13,15-17H2,(H,30,33). The van der Waals surface area contributed by atoms with Crippen molar-refractivity contribution >= 4 is 16.7 Å². The molecule has 0 aromatic heterocycles. The van der Waals surface area contributed by atoms with Gasteiger partial charge in [0.15, 0.2) is 0 Å². The zero-order valence-electron chi connectivity index (χ0n) is 18.6. The molecule has 34 heavy (non-hydrogen) atoms. The fourth-order valence-electron chi connectivity index (χ4n) is 4.10. The number of aliphatic hydroxyl groups excluding tert-OH is 1. The lowest BCUT2D eigenvalue weighted by molar-refractivity contribution is -0.137. The summed E-state index contributed by atoms with van der Waals surface area (Å²) in [5.74, 6) is 1.09. The van der Waals surface area contributed by atoms with Crippen LogP contribution in [-0.2, 0) is 6.18 Å². The van der Waals surface area contributed by atoms with Crippen LogP contribution >= 0.6 is 0 Å². The predicted molar refractivity (Wildman–Crippen MR) is 124 cm³/mol. The molecule has 1 aliphatic heterocycles. The van der Waals surface area contributed by atoms with Gasteiger partial charge < -0.3 is 20.1 Å². The molecule has 0 atom stereocenters. The van der Waals surface area contributed by atoms with Crippen molar-refractivity contribution in [2.24, 2.45) is 5.92 Å². The van der Waals surface area contributed by atoms with E-state index in [4.69, 9.17) is 9.84 Å². The van der Waals surface area contributed by atoms with Gasteiger partial charge in [0, 0.05) is 43.1 Å². The van der Waals surface area contributed by atoms with E-state index in [1.807, 2.05) is 6.07 Å². The third kappa shape index (κ3) is 5.87. The quantitative estimate of drug-likeness (QED) is 0.426. The molecule has 1 heterocycles. The molecule has 0 radical (unpaired) electrons. The van der Waals surface area contributed by atoms with Gasteiger partial charge in [-0.2, -0.15) is 13.2 Å². The first-order valence-corrected chi connectivity index (χ1v) is 11.3. The van der Waals surface area contributed by atoms with Gasteiger partial charge in [-0.1, -0.05) is 12.1 Å². The molecule has 2 N–H and O–H groups in total. The molecule has 5 nitrogen and oxygen atoms in total. The van der Waals surface area contributed by atoms with E-state index in [0.717, 1.165) is 55.4 Å². The molecule has 0 unspecified atom stereocenters. The highest BCUT2D eigenvalue weighted by atomic mass is 19.4. The van der Waals surface area contributed by atoms with Crippen molar-refractivity contribution in [3.63, 3.8) is 0 Å². The molecule has 3 aromatic rings. The van der Waals surface area contributed by atoms with Crippen molar-refractivity contribution in [3.8, 4) is 11.5 Å². The van der Waals surface area contributed by atoms with E-state index in [9.17, 15) is 18.0 Å². The zero-order chi connectivity index (χ0) is 24.1. The molecule has 1 fully saturated rings. The van der Waals surface area contributed by atoms with Gasteiger partial charge in [-0.15, -0.1) is 0 Å². The number of fused-ring (bicyclic) bond motifs is 1. The van der Waals surface area contributed by atoms with Crippen molar-refractivity contribution in [1.82, 2.24) is 10.2 Å². The van der Waals surface area contributed by atoms with Gasteiger partial charge in [-0.25, -0.2) is 0 Å². The Morgan fingerprint density at radius 2 is 1.82 bits per heavy atom. The monoisotopic (exact) mass is 472 g/mol. The molecule has 1 aliphatic rings. The summed E-state index contributed by atoms with van der Waals surface area (Å²) in [6.07, 6.45) is -2.60. The van der Waals surface area contributed by atoms with Crippen molar-refractivity contribution in [2.75, 3.05) is 32.8 Å². The Balaban J connectivity index is 1.36. The Labute approximate surface area is 196 Å². The summed E-state index contributed by atoms with van der Waals surface area (Å²) in [4.78, 5) is 15.0. The number of ether oxygens (including phenoxy) is 1. The van der Waals surface area contributed by atoms with Crippen LogP contribution in [0.3, 0.4) is 0 Å². The third-order valence-corrected chi connectivity index (χ3v) is 5.98. The molecule has 0 spiro atoms. The number of halogens is 3. The second kappa shape index (κ2) is 10.4. The second-order valence-corrected chi connectivity index (χ2v) is 8.58. The van der Waals surface area contributed by atoms with Crippen LogP contribution in [0.2, 0.25) is 0 Å². The normalized spacial score (nSPS) is 14.7.